The van der Waals surface area contributed by atoms with Crippen molar-refractivity contribution in [2.45, 2.75) is 6.54 Å². The van der Waals surface area contributed by atoms with Gasteiger partial charge in [-0.1, -0.05) is 18.2 Å². The highest BCUT2D eigenvalue weighted by atomic mass is 19.1. The number of aromatic amines is 1. The van der Waals surface area contributed by atoms with Crippen molar-refractivity contribution in [3.63, 3.8) is 0 Å². The Morgan fingerprint density at radius 2 is 2.10 bits per heavy atom. The van der Waals surface area contributed by atoms with Crippen LogP contribution in [0.1, 0.15) is 5.56 Å². The summed E-state index contributed by atoms with van der Waals surface area (Å²) in [7, 11) is 3.61. The lowest BCUT2D eigenvalue weighted by Crippen LogP contribution is -2.19. The van der Waals surface area contributed by atoms with Crippen LogP contribution < -0.4 is 10.2 Å². The molecule has 0 fully saturated rings. The van der Waals surface area contributed by atoms with Gasteiger partial charge >= 0.3 is 0 Å². The van der Waals surface area contributed by atoms with E-state index in [0.29, 0.717) is 29.5 Å². The molecule has 3 aromatic rings. The Morgan fingerprint density at radius 1 is 1.29 bits per heavy atom. The highest BCUT2D eigenvalue weighted by Crippen LogP contribution is 2.24. The van der Waals surface area contributed by atoms with Crippen LogP contribution in [0.25, 0.3) is 11.0 Å². The monoisotopic (exact) mass is 286 g/mol. The van der Waals surface area contributed by atoms with Gasteiger partial charge in [-0.3, -0.25) is 5.10 Å². The number of hydrogen-bond acceptors (Lipinski definition) is 5. The quantitative estimate of drug-likeness (QED) is 0.769. The maximum atomic E-state index is 13.8. The third-order valence-corrected chi connectivity index (χ3v) is 3.24. The number of anilines is 2. The average Bonchev–Trinajstić information content (AvgIpc) is 2.96. The fourth-order valence-corrected chi connectivity index (χ4v) is 2.18. The molecule has 0 saturated heterocycles. The van der Waals surface area contributed by atoms with Crippen molar-refractivity contribution < 1.29 is 4.39 Å². The van der Waals surface area contributed by atoms with Crippen LogP contribution in [0, 0.1) is 5.82 Å². The maximum absolute atomic E-state index is 13.8. The molecule has 2 heterocycles. The Balaban J connectivity index is 1.99. The highest BCUT2D eigenvalue weighted by Gasteiger charge is 2.14. The summed E-state index contributed by atoms with van der Waals surface area (Å²) in [6, 6.07) is 6.71. The lowest BCUT2D eigenvalue weighted by molar-refractivity contribution is 0.607. The molecule has 0 bridgehead atoms. The molecule has 0 aliphatic heterocycles. The van der Waals surface area contributed by atoms with Gasteiger partial charge in [0.2, 0.25) is 5.95 Å². The molecule has 0 aliphatic carbocycles. The van der Waals surface area contributed by atoms with Crippen LogP contribution in [0.2, 0.25) is 0 Å². The molecule has 2 N–H and O–H groups in total. The van der Waals surface area contributed by atoms with Gasteiger partial charge in [-0.2, -0.15) is 15.1 Å². The van der Waals surface area contributed by atoms with Crippen molar-refractivity contribution in [3.8, 4) is 0 Å². The molecular formula is C14H15FN6. The molecule has 2 aromatic heterocycles. The number of nitrogens with zero attached hydrogens (tertiary/aromatic N) is 4. The average molecular weight is 286 g/mol. The summed E-state index contributed by atoms with van der Waals surface area (Å²) in [4.78, 5) is 10.6. The molecule has 0 spiro atoms. The summed E-state index contributed by atoms with van der Waals surface area (Å²) in [6.45, 7) is 0.410. The Hall–Kier alpha value is -2.70. The van der Waals surface area contributed by atoms with E-state index in [0.717, 1.165) is 5.39 Å². The number of H-pyrrole nitrogens is 1. The van der Waals surface area contributed by atoms with Crippen LogP contribution in [-0.2, 0) is 6.54 Å². The van der Waals surface area contributed by atoms with Gasteiger partial charge in [0.25, 0.3) is 0 Å². The molecule has 0 aliphatic rings. The van der Waals surface area contributed by atoms with Gasteiger partial charge in [0.05, 0.1) is 11.6 Å². The lowest BCUT2D eigenvalue weighted by Gasteiger charge is -2.19. The van der Waals surface area contributed by atoms with E-state index in [1.807, 2.05) is 18.0 Å². The first-order valence-electron chi connectivity index (χ1n) is 6.52. The molecule has 0 saturated carbocycles. The predicted octanol–water partition coefficient (Wildman–Crippen LogP) is 2.17. The predicted molar refractivity (Wildman–Crippen MR) is 79.7 cm³/mol. The molecule has 0 radical (unpaired) electrons. The topological polar surface area (TPSA) is 69.7 Å². The minimum absolute atomic E-state index is 0.226. The molecule has 0 atom stereocenters. The van der Waals surface area contributed by atoms with Gasteiger partial charge in [-0.15, -0.1) is 0 Å². The van der Waals surface area contributed by atoms with Crippen LogP contribution in [0.3, 0.4) is 0 Å². The summed E-state index contributed by atoms with van der Waals surface area (Å²) in [6.07, 6.45) is 1.67. The van der Waals surface area contributed by atoms with Crippen LogP contribution in [0.4, 0.5) is 16.2 Å². The van der Waals surface area contributed by atoms with Gasteiger partial charge in [0.15, 0.2) is 5.65 Å². The van der Waals surface area contributed by atoms with Gasteiger partial charge in [-0.25, -0.2) is 4.39 Å². The van der Waals surface area contributed by atoms with Crippen molar-refractivity contribution in [3.05, 3.63) is 41.8 Å². The molecular weight excluding hydrogens is 271 g/mol. The smallest absolute Gasteiger partial charge is 0.226 e. The number of rotatable bonds is 4. The third kappa shape index (κ3) is 2.49. The van der Waals surface area contributed by atoms with Crippen molar-refractivity contribution in [1.82, 2.24) is 20.2 Å². The lowest BCUT2D eigenvalue weighted by atomic mass is 10.2. The van der Waals surface area contributed by atoms with Crippen LogP contribution in [-0.4, -0.2) is 34.3 Å². The number of benzene rings is 1. The zero-order valence-corrected chi connectivity index (χ0v) is 11.8. The molecule has 0 unspecified atom stereocenters. The van der Waals surface area contributed by atoms with Crippen molar-refractivity contribution in [2.24, 2.45) is 0 Å². The van der Waals surface area contributed by atoms with E-state index in [-0.39, 0.29) is 5.82 Å². The van der Waals surface area contributed by atoms with Gasteiger partial charge in [0, 0.05) is 26.2 Å². The Bertz CT molecular complexity index is 769. The summed E-state index contributed by atoms with van der Waals surface area (Å²) >= 11 is 0. The summed E-state index contributed by atoms with van der Waals surface area (Å²) in [5.41, 5.74) is 1.26. The second-order valence-electron chi connectivity index (χ2n) is 4.70. The number of nitrogens with one attached hydrogen (secondary N) is 2. The van der Waals surface area contributed by atoms with E-state index in [2.05, 4.69) is 25.5 Å². The normalized spacial score (nSPS) is 10.8. The van der Waals surface area contributed by atoms with E-state index in [4.69, 9.17) is 0 Å². The molecule has 3 rings (SSSR count). The van der Waals surface area contributed by atoms with E-state index in [1.165, 1.54) is 6.07 Å². The number of fused-ring (bicyclic) bond motifs is 1. The molecule has 7 heteroatoms. The first-order valence-corrected chi connectivity index (χ1v) is 6.52. The Kier molecular flexibility index (Phi) is 3.39. The second kappa shape index (κ2) is 5.35. The first-order chi connectivity index (χ1) is 10.2. The van der Waals surface area contributed by atoms with Crippen LogP contribution in [0.5, 0.6) is 0 Å². The van der Waals surface area contributed by atoms with Gasteiger partial charge < -0.3 is 10.2 Å². The maximum Gasteiger partial charge on any atom is 0.226 e. The number of aromatic nitrogens is 4. The number of halogens is 1. The molecule has 0 amide bonds. The van der Waals surface area contributed by atoms with Crippen molar-refractivity contribution >= 4 is 22.8 Å². The van der Waals surface area contributed by atoms with E-state index in [1.54, 1.807) is 25.4 Å². The van der Waals surface area contributed by atoms with Crippen LogP contribution in [0.15, 0.2) is 30.5 Å². The minimum atomic E-state index is -0.226. The highest BCUT2D eigenvalue weighted by molar-refractivity contribution is 5.87. The van der Waals surface area contributed by atoms with Gasteiger partial charge in [-0.05, 0) is 6.07 Å². The summed E-state index contributed by atoms with van der Waals surface area (Å²) in [5.74, 6) is 0.958. The summed E-state index contributed by atoms with van der Waals surface area (Å²) in [5, 5.41) is 10.5. The summed E-state index contributed by atoms with van der Waals surface area (Å²) < 4.78 is 13.8. The molecule has 21 heavy (non-hydrogen) atoms. The largest absolute Gasteiger partial charge is 0.357 e. The third-order valence-electron chi connectivity index (χ3n) is 3.24. The van der Waals surface area contributed by atoms with Crippen molar-refractivity contribution in [2.75, 3.05) is 24.3 Å². The molecule has 108 valence electrons. The number of hydrogen-bond donors (Lipinski definition) is 2. The zero-order valence-electron chi connectivity index (χ0n) is 11.8. The standard InChI is InChI=1S/C14H15FN6/c1-16-14-18-12-10(7-17-20-12)13(19-14)21(2)8-9-5-3-4-6-11(9)15/h3-7H,8H2,1-2H3,(H2,16,17,18,19,20). The SMILES string of the molecule is CNc1nc(N(C)Cc2ccccc2F)c2cn[nH]c2n1. The van der Waals surface area contributed by atoms with Gasteiger partial charge in [0.1, 0.15) is 11.6 Å². The van der Waals surface area contributed by atoms with E-state index in [9.17, 15) is 4.39 Å². The second-order valence-corrected chi connectivity index (χ2v) is 4.70. The minimum Gasteiger partial charge on any atom is -0.357 e. The fourth-order valence-electron chi connectivity index (χ4n) is 2.18. The molecule has 6 nitrogen and oxygen atoms in total. The van der Waals surface area contributed by atoms with Crippen molar-refractivity contribution in [1.29, 1.82) is 0 Å². The first kappa shape index (κ1) is 13.3. The Labute approximate surface area is 121 Å². The zero-order chi connectivity index (χ0) is 14.8. The van der Waals surface area contributed by atoms with Crippen LogP contribution >= 0.6 is 0 Å². The van der Waals surface area contributed by atoms with E-state index < -0.39 is 0 Å². The fraction of sp³-hybridized carbons (Fsp3) is 0.214. The Morgan fingerprint density at radius 3 is 2.86 bits per heavy atom. The van der Waals surface area contributed by atoms with E-state index >= 15 is 0 Å². The molecule has 1 aromatic carbocycles.